The molecule has 1 N–H and O–H groups in total. The Balaban J connectivity index is 1.56. The van der Waals surface area contributed by atoms with Gasteiger partial charge in [-0.2, -0.15) is 0 Å². The van der Waals surface area contributed by atoms with Gasteiger partial charge in [-0.3, -0.25) is 9.69 Å². The molecule has 1 fully saturated rings. The molecule has 2 aromatic rings. The minimum absolute atomic E-state index is 0.0302. The Labute approximate surface area is 183 Å². The largest absolute Gasteiger partial charge is 0.487 e. The quantitative estimate of drug-likeness (QED) is 0.790. The highest BCUT2D eigenvalue weighted by molar-refractivity contribution is 6.11. The minimum atomic E-state index is -0.731. The van der Waals surface area contributed by atoms with E-state index in [1.807, 2.05) is 24.1 Å². The zero-order chi connectivity index (χ0) is 21.4. The molecule has 1 saturated carbocycles. The molecule has 3 aliphatic heterocycles. The Bertz CT molecular complexity index is 1090. The smallest absolute Gasteiger partial charge is 0.243 e. The van der Waals surface area contributed by atoms with Crippen molar-refractivity contribution in [2.45, 2.75) is 69.0 Å². The molecule has 2 aromatic carbocycles. The van der Waals surface area contributed by atoms with Crippen molar-refractivity contribution in [2.24, 2.45) is 0 Å². The van der Waals surface area contributed by atoms with Gasteiger partial charge < -0.3 is 14.8 Å². The Morgan fingerprint density at radius 2 is 1.84 bits per heavy atom. The summed E-state index contributed by atoms with van der Waals surface area (Å²) in [5.74, 6) is 1.87. The molecule has 162 valence electrons. The van der Waals surface area contributed by atoms with Crippen LogP contribution < -0.4 is 19.7 Å². The number of benzene rings is 2. The van der Waals surface area contributed by atoms with Crippen molar-refractivity contribution in [1.82, 2.24) is 5.32 Å². The summed E-state index contributed by atoms with van der Waals surface area (Å²) in [5.41, 5.74) is 3.11. The number of ether oxygens (including phenoxy) is 2. The summed E-state index contributed by atoms with van der Waals surface area (Å²) in [7, 11) is 1.88. The zero-order valence-electron chi connectivity index (χ0n) is 18.6. The van der Waals surface area contributed by atoms with Crippen LogP contribution in [0.2, 0.25) is 0 Å². The Morgan fingerprint density at radius 1 is 1.03 bits per heavy atom. The van der Waals surface area contributed by atoms with Gasteiger partial charge in [-0.1, -0.05) is 18.2 Å². The molecular weight excluding hydrogens is 388 g/mol. The number of para-hydroxylation sites is 1. The molecule has 0 bridgehead atoms. The number of rotatable bonds is 2. The first-order valence-electron chi connectivity index (χ1n) is 11.5. The molecule has 3 heterocycles. The van der Waals surface area contributed by atoms with Gasteiger partial charge in [-0.25, -0.2) is 0 Å². The van der Waals surface area contributed by atoms with Crippen molar-refractivity contribution in [3.63, 3.8) is 0 Å². The van der Waals surface area contributed by atoms with Gasteiger partial charge in [0.1, 0.15) is 28.1 Å². The average molecular weight is 419 g/mol. The summed E-state index contributed by atoms with van der Waals surface area (Å²) >= 11 is 0. The minimum Gasteiger partial charge on any atom is -0.487 e. The van der Waals surface area contributed by atoms with Crippen molar-refractivity contribution >= 4 is 11.6 Å². The van der Waals surface area contributed by atoms with Crippen LogP contribution in [0.15, 0.2) is 36.4 Å². The van der Waals surface area contributed by atoms with Crippen LogP contribution in [0, 0.1) is 0 Å². The van der Waals surface area contributed by atoms with Gasteiger partial charge >= 0.3 is 0 Å². The Kier molecular flexibility index (Phi) is 3.87. The van der Waals surface area contributed by atoms with Crippen molar-refractivity contribution in [2.75, 3.05) is 18.6 Å². The zero-order valence-corrected chi connectivity index (χ0v) is 18.6. The molecule has 31 heavy (non-hydrogen) atoms. The number of nitrogens with zero attached hydrogens (tertiary/aromatic N) is 1. The molecule has 1 amide bonds. The van der Waals surface area contributed by atoms with Crippen molar-refractivity contribution in [3.05, 3.63) is 53.1 Å². The molecule has 1 aliphatic carbocycles. The van der Waals surface area contributed by atoms with Crippen LogP contribution in [0.25, 0.3) is 0 Å². The van der Waals surface area contributed by atoms with Gasteiger partial charge in [-0.15, -0.1) is 0 Å². The number of carbonyl (C=O) groups is 1. The number of anilines is 1. The number of carbonyl (C=O) groups excluding carboxylic acids is 1. The van der Waals surface area contributed by atoms with E-state index < -0.39 is 11.0 Å². The monoisotopic (exact) mass is 418 g/mol. The molecule has 4 aliphatic rings. The van der Waals surface area contributed by atoms with E-state index in [2.05, 4.69) is 43.4 Å². The lowest BCUT2D eigenvalue weighted by molar-refractivity contribution is -0.124. The molecule has 6 rings (SSSR count). The molecule has 2 spiro atoms. The standard InChI is InChI=1S/C26H30N2O3/c1-24(2)15-26(18-7-4-5-8-20(18)28(16-27-3)23(26)29)19-13-17-9-12-25(10-6-11-25)31-21(17)14-22(19)30-24/h4-5,7-8,13-14,27H,6,9-12,15-16H2,1-3H3. The summed E-state index contributed by atoms with van der Waals surface area (Å²) in [6.07, 6.45) is 6.22. The van der Waals surface area contributed by atoms with Gasteiger partial charge in [0.25, 0.3) is 0 Å². The first-order chi connectivity index (χ1) is 14.9. The van der Waals surface area contributed by atoms with Crippen molar-refractivity contribution < 1.29 is 14.3 Å². The lowest BCUT2D eigenvalue weighted by Gasteiger charge is -2.47. The van der Waals surface area contributed by atoms with Crippen LogP contribution in [-0.2, 0) is 16.6 Å². The third kappa shape index (κ3) is 2.56. The molecule has 0 radical (unpaired) electrons. The Morgan fingerprint density at radius 3 is 2.58 bits per heavy atom. The summed E-state index contributed by atoms with van der Waals surface area (Å²) in [4.78, 5) is 16.0. The molecular formula is C26H30N2O3. The van der Waals surface area contributed by atoms with E-state index >= 15 is 0 Å². The number of amides is 1. The molecule has 5 heteroatoms. The summed E-state index contributed by atoms with van der Waals surface area (Å²) in [6, 6.07) is 12.5. The maximum Gasteiger partial charge on any atom is 0.243 e. The van der Waals surface area contributed by atoms with Crippen LogP contribution in [0.5, 0.6) is 11.5 Å². The van der Waals surface area contributed by atoms with Crippen LogP contribution in [-0.4, -0.2) is 30.8 Å². The summed E-state index contributed by atoms with van der Waals surface area (Å²) < 4.78 is 13.0. The first-order valence-corrected chi connectivity index (χ1v) is 11.5. The van der Waals surface area contributed by atoms with Crippen LogP contribution >= 0.6 is 0 Å². The van der Waals surface area contributed by atoms with E-state index in [-0.39, 0.29) is 11.5 Å². The van der Waals surface area contributed by atoms with Crippen LogP contribution in [0.1, 0.15) is 62.6 Å². The summed E-state index contributed by atoms with van der Waals surface area (Å²) in [5, 5.41) is 3.17. The fourth-order valence-corrected chi connectivity index (χ4v) is 6.22. The van der Waals surface area contributed by atoms with Crippen molar-refractivity contribution in [1.29, 1.82) is 0 Å². The summed E-state index contributed by atoms with van der Waals surface area (Å²) in [6.45, 7) is 4.66. The predicted octanol–water partition coefficient (Wildman–Crippen LogP) is 4.31. The second kappa shape index (κ2) is 6.26. The van der Waals surface area contributed by atoms with E-state index in [0.29, 0.717) is 13.1 Å². The van der Waals surface area contributed by atoms with E-state index in [1.54, 1.807) is 0 Å². The van der Waals surface area contributed by atoms with E-state index in [1.165, 1.54) is 12.0 Å². The second-order valence-electron chi connectivity index (χ2n) is 10.3. The molecule has 1 atom stereocenters. The van der Waals surface area contributed by atoms with E-state index in [4.69, 9.17) is 9.47 Å². The van der Waals surface area contributed by atoms with Crippen LogP contribution in [0.3, 0.4) is 0 Å². The third-order valence-electron chi connectivity index (χ3n) is 7.72. The number of nitrogens with one attached hydrogen (secondary N) is 1. The lowest BCUT2D eigenvalue weighted by atomic mass is 9.66. The average Bonchev–Trinajstić information content (AvgIpc) is 2.94. The molecule has 5 nitrogen and oxygen atoms in total. The second-order valence-corrected chi connectivity index (χ2v) is 10.3. The number of hydrogen-bond acceptors (Lipinski definition) is 4. The highest BCUT2D eigenvalue weighted by Gasteiger charge is 2.58. The van der Waals surface area contributed by atoms with E-state index in [9.17, 15) is 4.79 Å². The van der Waals surface area contributed by atoms with Gasteiger partial charge in [0.15, 0.2) is 0 Å². The highest BCUT2D eigenvalue weighted by atomic mass is 16.5. The third-order valence-corrected chi connectivity index (χ3v) is 7.72. The van der Waals surface area contributed by atoms with Gasteiger partial charge in [0.05, 0.1) is 6.67 Å². The fraction of sp³-hybridized carbons (Fsp3) is 0.500. The first kappa shape index (κ1) is 19.2. The molecule has 0 aromatic heterocycles. The normalized spacial score (nSPS) is 26.5. The molecule has 1 unspecified atom stereocenters. The highest BCUT2D eigenvalue weighted by Crippen LogP contribution is 2.57. The SMILES string of the molecule is CNCN1C(=O)C2(CC(C)(C)Oc3cc4c(cc32)CCC2(CCC2)O4)c2ccccc21. The maximum atomic E-state index is 14.1. The van der Waals surface area contributed by atoms with Crippen LogP contribution in [0.4, 0.5) is 5.69 Å². The number of aryl methyl sites for hydroxylation is 1. The number of fused-ring (bicyclic) bond motifs is 5. The van der Waals surface area contributed by atoms with Gasteiger partial charge in [0.2, 0.25) is 5.91 Å². The maximum absolute atomic E-state index is 14.1. The fourth-order valence-electron chi connectivity index (χ4n) is 6.22. The van der Waals surface area contributed by atoms with Gasteiger partial charge in [-0.05, 0) is 76.3 Å². The van der Waals surface area contributed by atoms with Crippen molar-refractivity contribution in [3.8, 4) is 11.5 Å². The van der Waals surface area contributed by atoms with Gasteiger partial charge in [0, 0.05) is 23.7 Å². The Hall–Kier alpha value is -2.53. The predicted molar refractivity (Wildman–Crippen MR) is 120 cm³/mol. The number of hydrogen-bond donors (Lipinski definition) is 1. The molecule has 0 saturated heterocycles. The van der Waals surface area contributed by atoms with E-state index in [0.717, 1.165) is 54.0 Å². The lowest BCUT2D eigenvalue weighted by Crippen LogP contribution is -2.52. The topological polar surface area (TPSA) is 50.8 Å².